The van der Waals surface area contributed by atoms with Gasteiger partial charge in [-0.2, -0.15) is 4.57 Å². The van der Waals surface area contributed by atoms with Gasteiger partial charge in [0, 0.05) is 6.42 Å². The molecule has 0 spiro atoms. The van der Waals surface area contributed by atoms with Crippen molar-refractivity contribution in [3.05, 3.63) is 48.5 Å². The van der Waals surface area contributed by atoms with E-state index in [0.717, 1.165) is 0 Å². The smallest absolute Gasteiger partial charge is 0.234 e. The molecule has 1 heterocycles. The molecule has 0 aliphatic carbocycles. The molecule has 2 rings (SSSR count). The minimum Gasteiger partial charge on any atom is -0.234 e. The largest absolute Gasteiger partial charge is 0.261 e. The van der Waals surface area contributed by atoms with Gasteiger partial charge >= 0.3 is 0 Å². The number of imidazole rings is 1. The Bertz CT molecular complexity index is 688. The monoisotopic (exact) mass is 453 g/mol. The number of unbranched alkanes of at least 4 members (excludes halogenated alkanes) is 16. The van der Waals surface area contributed by atoms with E-state index >= 15 is 0 Å². The highest BCUT2D eigenvalue weighted by molar-refractivity contribution is 5.31. The molecule has 2 heteroatoms. The zero-order valence-corrected chi connectivity index (χ0v) is 22.1. The summed E-state index contributed by atoms with van der Waals surface area (Å²) in [5.74, 6) is 1.49. The van der Waals surface area contributed by atoms with Gasteiger partial charge in [-0.05, 0) is 31.4 Å². The maximum atomic E-state index is 2.54. The van der Waals surface area contributed by atoms with Crippen molar-refractivity contribution in [1.82, 2.24) is 4.57 Å². The summed E-state index contributed by atoms with van der Waals surface area (Å²) >= 11 is 0. The number of aryl methyl sites for hydroxylation is 1. The first-order chi connectivity index (χ1) is 16.4. The first-order valence-corrected chi connectivity index (χ1v) is 14.5. The molecule has 1 aromatic carbocycles. The van der Waals surface area contributed by atoms with Gasteiger partial charge in [0.1, 0.15) is 18.1 Å². The molecule has 186 valence electrons. The van der Waals surface area contributed by atoms with E-state index < -0.39 is 0 Å². The van der Waals surface area contributed by atoms with E-state index in [4.69, 9.17) is 0 Å². The number of para-hydroxylation sites is 1. The van der Waals surface area contributed by atoms with Crippen molar-refractivity contribution in [3.8, 4) is 5.69 Å². The Hall–Kier alpha value is -1.57. The van der Waals surface area contributed by atoms with Crippen LogP contribution in [0.1, 0.15) is 135 Å². The molecule has 0 aliphatic rings. The van der Waals surface area contributed by atoms with E-state index in [9.17, 15) is 0 Å². The molecule has 2 nitrogen and oxygen atoms in total. The molecule has 2 aromatic rings. The fraction of sp³-hybridized carbons (Fsp3) is 0.710. The van der Waals surface area contributed by atoms with E-state index in [-0.39, 0.29) is 0 Å². The summed E-state index contributed by atoms with van der Waals surface area (Å²) in [6.07, 6.45) is 30.9. The summed E-state index contributed by atoms with van der Waals surface area (Å²) in [5, 5.41) is 0. The van der Waals surface area contributed by atoms with Crippen LogP contribution in [-0.2, 0) is 13.0 Å². The summed E-state index contributed by atoms with van der Waals surface area (Å²) in [7, 11) is 0. The summed E-state index contributed by atoms with van der Waals surface area (Å²) < 4.78 is 4.97. The number of benzene rings is 1. The van der Waals surface area contributed by atoms with E-state index in [0.29, 0.717) is 0 Å². The Kier molecular flexibility index (Phi) is 15.8. The average molecular weight is 454 g/mol. The van der Waals surface area contributed by atoms with Crippen molar-refractivity contribution in [2.24, 2.45) is 0 Å². The number of hydrogen-bond donors (Lipinski definition) is 0. The van der Waals surface area contributed by atoms with Crippen LogP contribution in [0.25, 0.3) is 5.69 Å². The molecule has 0 atom stereocenters. The van der Waals surface area contributed by atoms with Crippen LogP contribution in [0.3, 0.4) is 0 Å². The van der Waals surface area contributed by atoms with Crippen molar-refractivity contribution >= 4 is 0 Å². The second-order valence-corrected chi connectivity index (χ2v) is 10.0. The first kappa shape index (κ1) is 27.7. The van der Waals surface area contributed by atoms with Gasteiger partial charge in [0.2, 0.25) is 0 Å². The fourth-order valence-electron chi connectivity index (χ4n) is 4.94. The normalized spacial score (nSPS) is 11.3. The maximum absolute atomic E-state index is 2.54. The average Bonchev–Trinajstić information content (AvgIpc) is 3.25. The summed E-state index contributed by atoms with van der Waals surface area (Å²) in [6, 6.07) is 10.9. The zero-order valence-electron chi connectivity index (χ0n) is 22.1. The van der Waals surface area contributed by atoms with E-state index in [1.807, 2.05) is 0 Å². The molecular formula is C31H53N2+. The second kappa shape index (κ2) is 18.8. The molecule has 0 amide bonds. The Morgan fingerprint density at radius 3 is 1.61 bits per heavy atom. The van der Waals surface area contributed by atoms with E-state index in [2.05, 4.69) is 65.7 Å². The molecule has 0 fully saturated rings. The lowest BCUT2D eigenvalue weighted by Gasteiger charge is -2.06. The standard InChI is InChI=1S/C31H53N2/c1-3-5-7-9-11-13-14-15-17-22-26-31-32(27-23-18-16-12-10-8-6-4-2)28-29-33(31)30-24-20-19-21-25-30/h19-21,24-25,28-29H,3-18,22-23,26-27H2,1-2H3/q+1. The number of aromatic nitrogens is 2. The second-order valence-electron chi connectivity index (χ2n) is 10.0. The molecule has 0 saturated heterocycles. The molecule has 0 bridgehead atoms. The first-order valence-electron chi connectivity index (χ1n) is 14.5. The predicted octanol–water partition coefficient (Wildman–Crippen LogP) is 9.37. The number of nitrogens with zero attached hydrogens (tertiary/aromatic N) is 2. The van der Waals surface area contributed by atoms with Crippen LogP contribution in [0.5, 0.6) is 0 Å². The molecule has 0 unspecified atom stereocenters. The van der Waals surface area contributed by atoms with Crippen molar-refractivity contribution in [3.63, 3.8) is 0 Å². The van der Waals surface area contributed by atoms with Crippen molar-refractivity contribution in [2.45, 2.75) is 142 Å². The van der Waals surface area contributed by atoms with Gasteiger partial charge in [-0.15, -0.1) is 0 Å². The quantitative estimate of drug-likeness (QED) is 0.131. The Morgan fingerprint density at radius 2 is 1.06 bits per heavy atom. The topological polar surface area (TPSA) is 8.81 Å². The van der Waals surface area contributed by atoms with Crippen molar-refractivity contribution in [1.29, 1.82) is 0 Å². The summed E-state index contributed by atoms with van der Waals surface area (Å²) in [5.41, 5.74) is 1.30. The van der Waals surface area contributed by atoms with Crippen LogP contribution in [0, 0.1) is 0 Å². The minimum atomic E-state index is 1.17. The third kappa shape index (κ3) is 11.9. The van der Waals surface area contributed by atoms with Gasteiger partial charge in [0.05, 0.1) is 6.54 Å². The van der Waals surface area contributed by atoms with Gasteiger partial charge in [-0.3, -0.25) is 0 Å². The lowest BCUT2D eigenvalue weighted by molar-refractivity contribution is -0.704. The van der Waals surface area contributed by atoms with Crippen LogP contribution in [0.15, 0.2) is 42.7 Å². The highest BCUT2D eigenvalue weighted by Gasteiger charge is 2.18. The van der Waals surface area contributed by atoms with Crippen molar-refractivity contribution < 1.29 is 4.57 Å². The third-order valence-electron chi connectivity index (χ3n) is 7.05. The van der Waals surface area contributed by atoms with Gasteiger partial charge in [0.15, 0.2) is 0 Å². The molecule has 0 radical (unpaired) electrons. The van der Waals surface area contributed by atoms with Crippen LogP contribution < -0.4 is 4.57 Å². The third-order valence-corrected chi connectivity index (χ3v) is 7.05. The Morgan fingerprint density at radius 1 is 0.576 bits per heavy atom. The lowest BCUT2D eigenvalue weighted by atomic mass is 10.1. The van der Waals surface area contributed by atoms with Gasteiger partial charge in [-0.1, -0.05) is 128 Å². The van der Waals surface area contributed by atoms with Crippen LogP contribution in [-0.4, -0.2) is 4.57 Å². The zero-order chi connectivity index (χ0) is 23.4. The highest BCUT2D eigenvalue weighted by Crippen LogP contribution is 2.15. The van der Waals surface area contributed by atoms with E-state index in [1.54, 1.807) is 0 Å². The fourth-order valence-corrected chi connectivity index (χ4v) is 4.94. The highest BCUT2D eigenvalue weighted by atomic mass is 15.1. The summed E-state index contributed by atoms with van der Waals surface area (Å²) in [6.45, 7) is 5.77. The van der Waals surface area contributed by atoms with Crippen LogP contribution in [0.4, 0.5) is 0 Å². The van der Waals surface area contributed by atoms with Gasteiger partial charge < -0.3 is 0 Å². The molecular weight excluding hydrogens is 400 g/mol. The minimum absolute atomic E-state index is 1.17. The SMILES string of the molecule is CCCCCCCCCCCCc1n(-c2ccccc2)cc[n+]1CCCCCCCCCC. The molecule has 0 N–H and O–H groups in total. The Labute approximate surface area is 205 Å². The predicted molar refractivity (Wildman–Crippen MR) is 144 cm³/mol. The molecule has 33 heavy (non-hydrogen) atoms. The van der Waals surface area contributed by atoms with Crippen LogP contribution >= 0.6 is 0 Å². The molecule has 0 saturated carbocycles. The van der Waals surface area contributed by atoms with Crippen molar-refractivity contribution in [2.75, 3.05) is 0 Å². The van der Waals surface area contributed by atoms with Gasteiger partial charge in [-0.25, -0.2) is 4.57 Å². The number of rotatable bonds is 21. The van der Waals surface area contributed by atoms with Crippen LogP contribution in [0.2, 0.25) is 0 Å². The summed E-state index contributed by atoms with van der Waals surface area (Å²) in [4.78, 5) is 0. The maximum Gasteiger partial charge on any atom is 0.261 e. The molecule has 1 aromatic heterocycles. The molecule has 0 aliphatic heterocycles. The van der Waals surface area contributed by atoms with Gasteiger partial charge in [0.25, 0.3) is 5.82 Å². The lowest BCUT2D eigenvalue weighted by Crippen LogP contribution is -2.37. The van der Waals surface area contributed by atoms with E-state index in [1.165, 1.54) is 140 Å². The Balaban J connectivity index is 1.75. The number of hydrogen-bond acceptors (Lipinski definition) is 0.